The second kappa shape index (κ2) is 7.57. The first-order valence-corrected chi connectivity index (χ1v) is 8.28. The molecule has 0 atom stereocenters. The highest BCUT2D eigenvalue weighted by atomic mass is 16.7. The van der Waals surface area contributed by atoms with Crippen LogP contribution in [-0.2, 0) is 9.47 Å². The van der Waals surface area contributed by atoms with Crippen molar-refractivity contribution in [1.82, 2.24) is 9.97 Å². The van der Waals surface area contributed by atoms with Crippen LogP contribution in [0.2, 0.25) is 0 Å². The van der Waals surface area contributed by atoms with Crippen LogP contribution in [0.25, 0.3) is 0 Å². The maximum absolute atomic E-state index is 5.76. The Balaban J connectivity index is 1.37. The van der Waals surface area contributed by atoms with Crippen molar-refractivity contribution in [1.29, 1.82) is 0 Å². The molecule has 6 heteroatoms. The molecular weight excluding hydrogens is 330 g/mol. The predicted molar refractivity (Wildman–Crippen MR) is 97.2 cm³/mol. The molecule has 0 saturated heterocycles. The minimum Gasteiger partial charge on any atom is -0.461 e. The van der Waals surface area contributed by atoms with Gasteiger partial charge in [-0.2, -0.15) is 0 Å². The van der Waals surface area contributed by atoms with Crippen molar-refractivity contribution in [3.05, 3.63) is 90.8 Å². The molecule has 2 aliphatic rings. The van der Waals surface area contributed by atoms with E-state index in [2.05, 4.69) is 21.4 Å². The van der Waals surface area contributed by atoms with Crippen LogP contribution in [0.5, 0.6) is 5.75 Å². The van der Waals surface area contributed by atoms with Crippen LogP contribution < -0.4 is 10.1 Å². The number of aromatic nitrogens is 2. The molecule has 2 heterocycles. The average molecular weight is 347 g/mol. The first-order valence-electron chi connectivity index (χ1n) is 8.28. The summed E-state index contributed by atoms with van der Waals surface area (Å²) in [4.78, 5) is 8.48. The Kier molecular flexibility index (Phi) is 4.64. The molecule has 1 aliphatic carbocycles. The number of ether oxygens (including phenoxy) is 3. The lowest BCUT2D eigenvalue weighted by Gasteiger charge is -2.19. The highest BCUT2D eigenvalue weighted by molar-refractivity contribution is 5.52. The number of rotatable bonds is 5. The molecule has 0 spiro atoms. The van der Waals surface area contributed by atoms with E-state index in [9.17, 15) is 0 Å². The maximum atomic E-state index is 5.76. The summed E-state index contributed by atoms with van der Waals surface area (Å²) in [5.41, 5.74) is 1.98. The number of benzene rings is 1. The van der Waals surface area contributed by atoms with Crippen molar-refractivity contribution in [3.63, 3.8) is 0 Å². The number of anilines is 2. The summed E-state index contributed by atoms with van der Waals surface area (Å²) < 4.78 is 16.7. The van der Waals surface area contributed by atoms with E-state index in [0.29, 0.717) is 17.5 Å². The van der Waals surface area contributed by atoms with Gasteiger partial charge in [-0.3, -0.25) is 0 Å². The van der Waals surface area contributed by atoms with Crippen LogP contribution in [-0.4, -0.2) is 9.97 Å². The summed E-state index contributed by atoms with van der Waals surface area (Å²) in [6.07, 6.45) is 14.1. The summed E-state index contributed by atoms with van der Waals surface area (Å²) >= 11 is 0. The average Bonchev–Trinajstić information content (AvgIpc) is 2.71. The number of para-hydroxylation sites is 1. The molecule has 4 rings (SSSR count). The quantitative estimate of drug-likeness (QED) is 0.855. The third-order valence-corrected chi connectivity index (χ3v) is 3.76. The minimum absolute atomic E-state index is 0.241. The number of hydrogen-bond donors (Lipinski definition) is 1. The van der Waals surface area contributed by atoms with Crippen molar-refractivity contribution in [3.8, 4) is 5.75 Å². The molecule has 1 aliphatic heterocycles. The predicted octanol–water partition coefficient (Wildman–Crippen LogP) is 4.56. The van der Waals surface area contributed by atoms with Gasteiger partial charge in [-0.15, -0.1) is 0 Å². The molecular formula is C20H17N3O3. The Hall–Kier alpha value is -3.54. The van der Waals surface area contributed by atoms with Crippen LogP contribution in [0.15, 0.2) is 90.8 Å². The van der Waals surface area contributed by atoms with E-state index in [-0.39, 0.29) is 5.95 Å². The first-order chi connectivity index (χ1) is 12.9. The molecule has 1 N–H and O–H groups in total. The van der Waals surface area contributed by atoms with Crippen LogP contribution in [0, 0.1) is 0 Å². The zero-order chi connectivity index (χ0) is 17.6. The van der Waals surface area contributed by atoms with Gasteiger partial charge in [-0.1, -0.05) is 36.4 Å². The normalized spacial score (nSPS) is 15.8. The molecule has 2 aromatic rings. The van der Waals surface area contributed by atoms with Crippen LogP contribution in [0.3, 0.4) is 0 Å². The van der Waals surface area contributed by atoms with Gasteiger partial charge in [-0.05, 0) is 30.5 Å². The lowest BCUT2D eigenvalue weighted by atomic mass is 10.0. The van der Waals surface area contributed by atoms with Gasteiger partial charge < -0.3 is 19.5 Å². The summed E-state index contributed by atoms with van der Waals surface area (Å²) in [5, 5.41) is 3.11. The molecule has 0 radical (unpaired) electrons. The molecule has 0 unspecified atom stereocenters. The fraction of sp³-hybridized carbons (Fsp3) is 0.100. The Morgan fingerprint density at radius 3 is 2.65 bits per heavy atom. The van der Waals surface area contributed by atoms with E-state index in [1.54, 1.807) is 18.7 Å². The summed E-state index contributed by atoms with van der Waals surface area (Å²) in [5.74, 6) is 1.83. The standard InChI is InChI=1S/C20H17N3O3/c1-3-7-15(8-4-1)18-13-24-14-19(26-18)25-17-11-21-20(22-12-17)23-16-9-5-2-6-10-16/h1-3,5-7,9-14H,4,8H2,(H,21,22,23). The Morgan fingerprint density at radius 2 is 1.88 bits per heavy atom. The minimum atomic E-state index is 0.241. The molecule has 1 aromatic carbocycles. The second-order valence-electron chi connectivity index (χ2n) is 5.65. The van der Waals surface area contributed by atoms with Crippen LogP contribution in [0.1, 0.15) is 12.8 Å². The summed E-state index contributed by atoms with van der Waals surface area (Å²) in [6.45, 7) is 0. The topological polar surface area (TPSA) is 65.5 Å². The van der Waals surface area contributed by atoms with Crippen molar-refractivity contribution in [2.45, 2.75) is 12.8 Å². The Bertz CT molecular complexity index is 884. The number of nitrogens with one attached hydrogen (secondary N) is 1. The van der Waals surface area contributed by atoms with Gasteiger partial charge in [0.05, 0.1) is 12.4 Å². The highest BCUT2D eigenvalue weighted by Gasteiger charge is 2.17. The van der Waals surface area contributed by atoms with Gasteiger partial charge in [0.15, 0.2) is 17.8 Å². The van der Waals surface area contributed by atoms with Gasteiger partial charge in [0, 0.05) is 5.69 Å². The van der Waals surface area contributed by atoms with Gasteiger partial charge >= 0.3 is 5.95 Å². The smallest absolute Gasteiger partial charge is 0.327 e. The SMILES string of the molecule is C1=CCCC(C2=COC=C(Oc3cnc(Nc4ccccc4)nc3)O2)=C1. The summed E-state index contributed by atoms with van der Waals surface area (Å²) in [7, 11) is 0. The van der Waals surface area contributed by atoms with E-state index >= 15 is 0 Å². The molecule has 1 aromatic heterocycles. The molecule has 130 valence electrons. The lowest BCUT2D eigenvalue weighted by molar-refractivity contribution is 0.121. The van der Waals surface area contributed by atoms with Gasteiger partial charge in [0.25, 0.3) is 0 Å². The van der Waals surface area contributed by atoms with E-state index < -0.39 is 0 Å². The summed E-state index contributed by atoms with van der Waals surface area (Å²) in [6, 6.07) is 9.71. The Morgan fingerprint density at radius 1 is 1.04 bits per heavy atom. The van der Waals surface area contributed by atoms with Crippen molar-refractivity contribution in [2.24, 2.45) is 0 Å². The second-order valence-corrected chi connectivity index (χ2v) is 5.65. The van der Waals surface area contributed by atoms with Crippen molar-refractivity contribution in [2.75, 3.05) is 5.32 Å². The lowest BCUT2D eigenvalue weighted by Crippen LogP contribution is -2.08. The van der Waals surface area contributed by atoms with Crippen LogP contribution in [0.4, 0.5) is 11.6 Å². The maximum Gasteiger partial charge on any atom is 0.327 e. The third kappa shape index (κ3) is 3.92. The van der Waals surface area contributed by atoms with Crippen molar-refractivity contribution >= 4 is 11.6 Å². The van der Waals surface area contributed by atoms with Crippen molar-refractivity contribution < 1.29 is 14.2 Å². The van der Waals surface area contributed by atoms with E-state index in [1.165, 1.54) is 6.26 Å². The number of hydrogen-bond acceptors (Lipinski definition) is 6. The molecule has 6 nitrogen and oxygen atoms in total. The molecule has 0 bridgehead atoms. The van der Waals surface area contributed by atoms with Crippen LogP contribution >= 0.6 is 0 Å². The van der Waals surface area contributed by atoms with E-state index in [1.807, 2.05) is 42.5 Å². The monoisotopic (exact) mass is 347 g/mol. The molecule has 0 saturated carbocycles. The zero-order valence-electron chi connectivity index (χ0n) is 14.0. The number of allylic oxidation sites excluding steroid dienone is 4. The van der Waals surface area contributed by atoms with Gasteiger partial charge in [0.2, 0.25) is 5.95 Å². The van der Waals surface area contributed by atoms with E-state index in [0.717, 1.165) is 24.1 Å². The zero-order valence-corrected chi connectivity index (χ0v) is 14.0. The Labute approximate surface area is 151 Å². The molecule has 0 fully saturated rings. The third-order valence-electron chi connectivity index (χ3n) is 3.76. The fourth-order valence-corrected chi connectivity index (χ4v) is 2.50. The highest BCUT2D eigenvalue weighted by Crippen LogP contribution is 2.27. The molecule has 0 amide bonds. The van der Waals surface area contributed by atoms with Gasteiger partial charge in [0.1, 0.15) is 6.26 Å². The largest absolute Gasteiger partial charge is 0.461 e. The van der Waals surface area contributed by atoms with E-state index in [4.69, 9.17) is 14.2 Å². The number of nitrogens with zero attached hydrogens (tertiary/aromatic N) is 2. The van der Waals surface area contributed by atoms with Gasteiger partial charge in [-0.25, -0.2) is 9.97 Å². The first kappa shape index (κ1) is 16.0. The fourth-order valence-electron chi connectivity index (χ4n) is 2.50. The molecule has 26 heavy (non-hydrogen) atoms.